The van der Waals surface area contributed by atoms with E-state index in [1.54, 1.807) is 18.2 Å². The quantitative estimate of drug-likeness (QED) is 0.180. The molecule has 10 heteroatoms. The second-order valence-corrected chi connectivity index (χ2v) is 10.8. The molecule has 1 amide bonds. The maximum Gasteiger partial charge on any atom is 0.231 e. The fourth-order valence-electron chi connectivity index (χ4n) is 3.96. The number of alkyl halides is 2. The van der Waals surface area contributed by atoms with Gasteiger partial charge in [-0.1, -0.05) is 40.9 Å². The van der Waals surface area contributed by atoms with Crippen LogP contribution in [0.15, 0.2) is 54.6 Å². The van der Waals surface area contributed by atoms with Crippen molar-refractivity contribution in [2.24, 2.45) is 5.92 Å². The summed E-state index contributed by atoms with van der Waals surface area (Å²) in [5.74, 6) is -2.78. The van der Waals surface area contributed by atoms with Crippen LogP contribution in [0, 0.1) is 11.7 Å². The summed E-state index contributed by atoms with van der Waals surface area (Å²) in [7, 11) is 0. The standard InChI is InChI=1S/C25H15Cl5FNO3/c26-15-5-13(6-16(27)9-15)22-23(25(22,29)30)24(35)32-18-3-4-20(28)19(10-18)21(34)8-12-1-2-17(31)7-14(12)11-33/h1-7,9-11,22-23H,8H2,(H,32,35). The lowest BCUT2D eigenvalue weighted by molar-refractivity contribution is -0.117. The molecule has 2 unspecified atom stereocenters. The molecule has 1 aliphatic rings. The summed E-state index contributed by atoms with van der Waals surface area (Å²) >= 11 is 31.1. The number of carbonyl (C=O) groups excluding carboxylic acids is 3. The van der Waals surface area contributed by atoms with Crippen molar-refractivity contribution in [2.45, 2.75) is 16.7 Å². The number of Topliss-reactive ketones (excluding diaryl/α,β-unsaturated/α-hetero) is 1. The van der Waals surface area contributed by atoms with Gasteiger partial charge < -0.3 is 5.32 Å². The van der Waals surface area contributed by atoms with Crippen molar-refractivity contribution in [1.82, 2.24) is 0 Å². The van der Waals surface area contributed by atoms with Crippen LogP contribution in [0.3, 0.4) is 0 Å². The molecule has 0 radical (unpaired) electrons. The molecule has 0 aliphatic heterocycles. The SMILES string of the molecule is O=Cc1cc(F)ccc1CC(=O)c1cc(NC(=O)C2C(c3cc(Cl)cc(Cl)c3)C2(Cl)Cl)ccc1Cl. The highest BCUT2D eigenvalue weighted by Gasteiger charge is 2.67. The minimum atomic E-state index is -1.36. The maximum absolute atomic E-state index is 13.4. The molecule has 1 fully saturated rings. The fraction of sp³-hybridized carbons (Fsp3) is 0.160. The van der Waals surface area contributed by atoms with Crippen molar-refractivity contribution >= 4 is 81.7 Å². The molecule has 0 heterocycles. The number of benzene rings is 3. The van der Waals surface area contributed by atoms with Crippen LogP contribution in [0.1, 0.15) is 37.8 Å². The van der Waals surface area contributed by atoms with Gasteiger partial charge in [-0.25, -0.2) is 4.39 Å². The number of nitrogens with one attached hydrogen (secondary N) is 1. The van der Waals surface area contributed by atoms with Crippen LogP contribution in [-0.2, 0) is 11.2 Å². The molecule has 0 saturated heterocycles. The van der Waals surface area contributed by atoms with E-state index in [2.05, 4.69) is 5.32 Å². The van der Waals surface area contributed by atoms with Gasteiger partial charge in [0.15, 0.2) is 5.78 Å². The molecule has 3 aromatic carbocycles. The minimum absolute atomic E-state index is 0.0698. The van der Waals surface area contributed by atoms with Gasteiger partial charge in [-0.15, -0.1) is 23.2 Å². The number of hydrogen-bond donors (Lipinski definition) is 1. The van der Waals surface area contributed by atoms with Gasteiger partial charge in [0, 0.05) is 39.2 Å². The molecular weight excluding hydrogens is 559 g/mol. The zero-order valence-corrected chi connectivity index (χ0v) is 21.4. The van der Waals surface area contributed by atoms with E-state index < -0.39 is 33.7 Å². The van der Waals surface area contributed by atoms with E-state index in [0.717, 1.165) is 12.1 Å². The lowest BCUT2D eigenvalue weighted by atomic mass is 9.98. The number of rotatable bonds is 7. The molecule has 0 spiro atoms. The number of amides is 1. The van der Waals surface area contributed by atoms with Crippen LogP contribution < -0.4 is 5.32 Å². The molecule has 0 aromatic heterocycles. The van der Waals surface area contributed by atoms with Crippen molar-refractivity contribution < 1.29 is 18.8 Å². The summed E-state index contributed by atoms with van der Waals surface area (Å²) in [6, 6.07) is 12.9. The topological polar surface area (TPSA) is 63.2 Å². The first-order chi connectivity index (χ1) is 16.5. The largest absolute Gasteiger partial charge is 0.326 e. The van der Waals surface area contributed by atoms with Crippen LogP contribution in [0.4, 0.5) is 10.1 Å². The average Bonchev–Trinajstić information content (AvgIpc) is 3.37. The minimum Gasteiger partial charge on any atom is -0.326 e. The number of carbonyl (C=O) groups is 3. The molecular formula is C25H15Cl5FNO3. The molecule has 1 N–H and O–H groups in total. The predicted molar refractivity (Wildman–Crippen MR) is 137 cm³/mol. The van der Waals surface area contributed by atoms with E-state index >= 15 is 0 Å². The molecule has 3 aromatic rings. The van der Waals surface area contributed by atoms with E-state index in [-0.39, 0.29) is 22.6 Å². The summed E-state index contributed by atoms with van der Waals surface area (Å²) in [5, 5.41) is 3.65. The van der Waals surface area contributed by atoms with Crippen molar-refractivity contribution in [3.8, 4) is 0 Å². The number of anilines is 1. The molecule has 1 saturated carbocycles. The van der Waals surface area contributed by atoms with Gasteiger partial charge in [0.2, 0.25) is 5.91 Å². The fourth-order valence-corrected chi connectivity index (χ4v) is 5.56. The normalized spacial score (nSPS) is 18.1. The maximum atomic E-state index is 13.4. The third kappa shape index (κ3) is 5.50. The van der Waals surface area contributed by atoms with Gasteiger partial charge in [-0.05, 0) is 59.7 Å². The lowest BCUT2D eigenvalue weighted by Crippen LogP contribution is -2.17. The Labute approximate surface area is 225 Å². The molecule has 4 nitrogen and oxygen atoms in total. The molecule has 35 heavy (non-hydrogen) atoms. The third-order valence-electron chi connectivity index (χ3n) is 5.70. The molecule has 0 bridgehead atoms. The predicted octanol–water partition coefficient (Wildman–Crippen LogP) is 7.55. The van der Waals surface area contributed by atoms with Crippen LogP contribution in [0.5, 0.6) is 0 Å². The Bertz CT molecular complexity index is 1340. The zero-order valence-electron chi connectivity index (χ0n) is 17.6. The summed E-state index contributed by atoms with van der Waals surface area (Å²) < 4.78 is 12.0. The van der Waals surface area contributed by atoms with Gasteiger partial charge >= 0.3 is 0 Å². The molecule has 180 valence electrons. The van der Waals surface area contributed by atoms with Gasteiger partial charge in [0.1, 0.15) is 16.4 Å². The Hall–Kier alpha value is -2.15. The van der Waals surface area contributed by atoms with E-state index in [4.69, 9.17) is 58.0 Å². The zero-order chi connectivity index (χ0) is 25.5. The van der Waals surface area contributed by atoms with Crippen LogP contribution in [0.25, 0.3) is 0 Å². The highest BCUT2D eigenvalue weighted by molar-refractivity contribution is 6.53. The Morgan fingerprint density at radius 1 is 0.971 bits per heavy atom. The molecule has 1 aliphatic carbocycles. The number of ketones is 1. The number of hydrogen-bond acceptors (Lipinski definition) is 3. The average molecular weight is 574 g/mol. The smallest absolute Gasteiger partial charge is 0.231 e. The third-order valence-corrected chi connectivity index (χ3v) is 7.41. The van der Waals surface area contributed by atoms with Crippen LogP contribution >= 0.6 is 58.0 Å². The van der Waals surface area contributed by atoms with E-state index in [0.29, 0.717) is 33.1 Å². The first-order valence-electron chi connectivity index (χ1n) is 10.2. The Morgan fingerprint density at radius 2 is 1.66 bits per heavy atom. The van der Waals surface area contributed by atoms with Crippen molar-refractivity contribution in [1.29, 1.82) is 0 Å². The Kier molecular flexibility index (Phi) is 7.46. The van der Waals surface area contributed by atoms with Gasteiger partial charge in [0.25, 0.3) is 0 Å². The highest BCUT2D eigenvalue weighted by atomic mass is 35.5. The van der Waals surface area contributed by atoms with Crippen LogP contribution in [-0.4, -0.2) is 22.3 Å². The highest BCUT2D eigenvalue weighted by Crippen LogP contribution is 2.65. The van der Waals surface area contributed by atoms with Gasteiger partial charge in [-0.3, -0.25) is 14.4 Å². The number of halogens is 6. The van der Waals surface area contributed by atoms with Crippen LogP contribution in [0.2, 0.25) is 15.1 Å². The number of aldehydes is 1. The first-order valence-corrected chi connectivity index (χ1v) is 12.1. The van der Waals surface area contributed by atoms with E-state index in [1.807, 2.05) is 0 Å². The lowest BCUT2D eigenvalue weighted by Gasteiger charge is -2.10. The van der Waals surface area contributed by atoms with E-state index in [1.165, 1.54) is 24.3 Å². The molecule has 2 atom stereocenters. The molecule has 4 rings (SSSR count). The van der Waals surface area contributed by atoms with Crippen molar-refractivity contribution in [3.05, 3.63) is 97.7 Å². The Balaban J connectivity index is 1.52. The van der Waals surface area contributed by atoms with E-state index in [9.17, 15) is 18.8 Å². The summed E-state index contributed by atoms with van der Waals surface area (Å²) in [6.45, 7) is 0. The second kappa shape index (κ2) is 10.1. The second-order valence-electron chi connectivity index (χ2n) is 8.08. The van der Waals surface area contributed by atoms with Gasteiger partial charge in [-0.2, -0.15) is 0 Å². The van der Waals surface area contributed by atoms with Crippen molar-refractivity contribution in [2.75, 3.05) is 5.32 Å². The van der Waals surface area contributed by atoms with Crippen molar-refractivity contribution in [3.63, 3.8) is 0 Å². The first kappa shape index (κ1) is 25.9. The Morgan fingerprint density at radius 3 is 2.31 bits per heavy atom. The monoisotopic (exact) mass is 571 g/mol. The summed E-state index contributed by atoms with van der Waals surface area (Å²) in [5.41, 5.74) is 1.48. The summed E-state index contributed by atoms with van der Waals surface area (Å²) in [6.07, 6.45) is 0.297. The summed E-state index contributed by atoms with van der Waals surface area (Å²) in [4.78, 5) is 37.1. The van der Waals surface area contributed by atoms with Gasteiger partial charge in [0.05, 0.1) is 10.9 Å².